The van der Waals surface area contributed by atoms with Gasteiger partial charge in [-0.05, 0) is 49.2 Å². The Bertz CT molecular complexity index is 944. The number of nitrogens with zero attached hydrogens (tertiary/aromatic N) is 1. The van der Waals surface area contributed by atoms with E-state index in [4.69, 9.17) is 11.6 Å². The second-order valence-corrected chi connectivity index (χ2v) is 7.21. The molecule has 0 aromatic heterocycles. The first-order chi connectivity index (χ1) is 13.1. The molecule has 3 rings (SSSR count). The summed E-state index contributed by atoms with van der Waals surface area (Å²) in [6, 6.07) is 8.76. The van der Waals surface area contributed by atoms with Gasteiger partial charge < -0.3 is 10.2 Å². The Balaban J connectivity index is 1.76. The van der Waals surface area contributed by atoms with Crippen molar-refractivity contribution < 1.29 is 22.8 Å². The number of carbonyl (C=O) groups excluding carboxylic acids is 2. The molecule has 2 aromatic rings. The predicted octanol–water partition coefficient (Wildman–Crippen LogP) is 4.97. The molecule has 1 saturated heterocycles. The molecule has 0 saturated carbocycles. The summed E-state index contributed by atoms with van der Waals surface area (Å²) in [7, 11) is 0. The Morgan fingerprint density at radius 3 is 2.61 bits per heavy atom. The molecule has 1 aliphatic rings. The average Bonchev–Trinajstić information content (AvgIpc) is 3.00. The first kappa shape index (κ1) is 20.2. The molecular formula is C20H18ClF3N2O2. The van der Waals surface area contributed by atoms with E-state index >= 15 is 0 Å². The van der Waals surface area contributed by atoms with Gasteiger partial charge in [-0.2, -0.15) is 13.2 Å². The minimum absolute atomic E-state index is 0.00106. The zero-order valence-electron chi connectivity index (χ0n) is 15.2. The highest BCUT2D eigenvalue weighted by Crippen LogP contribution is 2.36. The smallest absolute Gasteiger partial charge is 0.326 e. The largest absolute Gasteiger partial charge is 0.417 e. The highest BCUT2D eigenvalue weighted by atomic mass is 35.5. The van der Waals surface area contributed by atoms with Crippen molar-refractivity contribution in [3.8, 4) is 0 Å². The number of aryl methyl sites for hydroxylation is 1. The van der Waals surface area contributed by atoms with Crippen LogP contribution in [0.25, 0.3) is 0 Å². The molecule has 148 valence electrons. The van der Waals surface area contributed by atoms with E-state index in [2.05, 4.69) is 5.32 Å². The van der Waals surface area contributed by atoms with Crippen molar-refractivity contribution in [3.63, 3.8) is 0 Å². The number of rotatable bonds is 3. The lowest BCUT2D eigenvalue weighted by molar-refractivity contribution is -0.137. The van der Waals surface area contributed by atoms with Crippen molar-refractivity contribution in [2.45, 2.75) is 26.4 Å². The van der Waals surface area contributed by atoms with Crippen LogP contribution in [0.15, 0.2) is 36.4 Å². The van der Waals surface area contributed by atoms with Gasteiger partial charge >= 0.3 is 6.18 Å². The maximum atomic E-state index is 13.0. The van der Waals surface area contributed by atoms with E-state index in [0.717, 1.165) is 28.9 Å². The molecule has 1 fully saturated rings. The summed E-state index contributed by atoms with van der Waals surface area (Å²) < 4.78 is 38.9. The van der Waals surface area contributed by atoms with Crippen LogP contribution in [0.4, 0.5) is 24.5 Å². The van der Waals surface area contributed by atoms with Crippen LogP contribution in [0.5, 0.6) is 0 Å². The van der Waals surface area contributed by atoms with Crippen molar-refractivity contribution in [1.29, 1.82) is 0 Å². The molecule has 1 heterocycles. The number of halogens is 4. The van der Waals surface area contributed by atoms with Crippen molar-refractivity contribution >= 4 is 34.8 Å². The minimum Gasteiger partial charge on any atom is -0.326 e. The molecule has 0 bridgehead atoms. The van der Waals surface area contributed by atoms with Crippen LogP contribution in [-0.4, -0.2) is 18.4 Å². The Hall–Kier alpha value is -2.54. The summed E-state index contributed by atoms with van der Waals surface area (Å²) in [4.78, 5) is 26.5. The average molecular weight is 411 g/mol. The SMILES string of the molecule is Cc1cccc(N2C[C@H](C(=O)Nc3ccc(Cl)c(C(F)(F)F)c3)CC2=O)c1C. The monoisotopic (exact) mass is 410 g/mol. The van der Waals surface area contributed by atoms with Crippen LogP contribution < -0.4 is 10.2 Å². The van der Waals surface area contributed by atoms with Gasteiger partial charge in [0.15, 0.2) is 0 Å². The zero-order chi connectivity index (χ0) is 20.6. The summed E-state index contributed by atoms with van der Waals surface area (Å²) >= 11 is 5.59. The van der Waals surface area contributed by atoms with E-state index < -0.39 is 28.6 Å². The van der Waals surface area contributed by atoms with Crippen molar-refractivity contribution in [1.82, 2.24) is 0 Å². The lowest BCUT2D eigenvalue weighted by atomic mass is 10.1. The fraction of sp³-hybridized carbons (Fsp3) is 0.300. The molecule has 0 spiro atoms. The number of nitrogens with one attached hydrogen (secondary N) is 1. The molecule has 0 radical (unpaired) electrons. The number of carbonyl (C=O) groups is 2. The molecule has 1 aliphatic heterocycles. The Morgan fingerprint density at radius 1 is 1.21 bits per heavy atom. The van der Waals surface area contributed by atoms with Gasteiger partial charge in [-0.15, -0.1) is 0 Å². The van der Waals surface area contributed by atoms with Gasteiger partial charge in [0.05, 0.1) is 16.5 Å². The Kier molecular flexibility index (Phi) is 5.39. The fourth-order valence-corrected chi connectivity index (χ4v) is 3.43. The second-order valence-electron chi connectivity index (χ2n) is 6.81. The number of hydrogen-bond donors (Lipinski definition) is 1. The second kappa shape index (κ2) is 7.47. The van der Waals surface area contributed by atoms with E-state index in [-0.39, 0.29) is 24.6 Å². The molecule has 28 heavy (non-hydrogen) atoms. The highest BCUT2D eigenvalue weighted by Gasteiger charge is 2.37. The first-order valence-corrected chi connectivity index (χ1v) is 9.00. The molecule has 4 nitrogen and oxygen atoms in total. The van der Waals surface area contributed by atoms with Crippen LogP contribution in [0, 0.1) is 19.8 Å². The summed E-state index contributed by atoms with van der Waals surface area (Å²) in [5.41, 5.74) is 1.68. The molecule has 2 aromatic carbocycles. The standard InChI is InChI=1S/C20H18ClF3N2O2/c1-11-4-3-5-17(12(11)2)26-10-13(8-18(26)27)19(28)25-14-6-7-16(21)15(9-14)20(22,23)24/h3-7,9,13H,8,10H2,1-2H3,(H,25,28)/t13-/m1/s1. The number of alkyl halides is 3. The number of anilines is 2. The number of benzene rings is 2. The van der Waals surface area contributed by atoms with E-state index in [1.165, 1.54) is 6.07 Å². The summed E-state index contributed by atoms with van der Waals surface area (Å²) in [6.07, 6.45) is -4.63. The molecule has 2 amide bonds. The normalized spacial score (nSPS) is 17.1. The van der Waals surface area contributed by atoms with Crippen molar-refractivity contribution in [3.05, 3.63) is 58.1 Å². The maximum absolute atomic E-state index is 13.0. The lowest BCUT2D eigenvalue weighted by Gasteiger charge is -2.20. The van der Waals surface area contributed by atoms with Crippen LogP contribution >= 0.6 is 11.6 Å². The third kappa shape index (κ3) is 3.99. The van der Waals surface area contributed by atoms with E-state index in [9.17, 15) is 22.8 Å². The van der Waals surface area contributed by atoms with Gasteiger partial charge in [0.1, 0.15) is 0 Å². The van der Waals surface area contributed by atoms with E-state index in [0.29, 0.717) is 0 Å². The fourth-order valence-electron chi connectivity index (χ4n) is 3.21. The van der Waals surface area contributed by atoms with Gasteiger partial charge in [0.25, 0.3) is 0 Å². The predicted molar refractivity (Wildman–Crippen MR) is 101 cm³/mol. The highest BCUT2D eigenvalue weighted by molar-refractivity contribution is 6.31. The number of amides is 2. The topological polar surface area (TPSA) is 49.4 Å². The zero-order valence-corrected chi connectivity index (χ0v) is 16.0. The van der Waals surface area contributed by atoms with E-state index in [1.807, 2.05) is 32.0 Å². The molecule has 0 unspecified atom stereocenters. The first-order valence-electron chi connectivity index (χ1n) is 8.62. The van der Waals surface area contributed by atoms with Crippen molar-refractivity contribution in [2.24, 2.45) is 5.92 Å². The van der Waals surface area contributed by atoms with Gasteiger partial charge in [-0.3, -0.25) is 9.59 Å². The van der Waals surface area contributed by atoms with Crippen molar-refractivity contribution in [2.75, 3.05) is 16.8 Å². The molecular weight excluding hydrogens is 393 g/mol. The van der Waals surface area contributed by atoms with Gasteiger partial charge in [-0.1, -0.05) is 23.7 Å². The summed E-state index contributed by atoms with van der Waals surface area (Å²) in [6.45, 7) is 4.01. The number of hydrogen-bond acceptors (Lipinski definition) is 2. The molecule has 8 heteroatoms. The maximum Gasteiger partial charge on any atom is 0.417 e. The third-order valence-electron chi connectivity index (χ3n) is 4.90. The molecule has 1 N–H and O–H groups in total. The molecule has 1 atom stereocenters. The van der Waals surface area contributed by atoms with Crippen LogP contribution in [0.3, 0.4) is 0 Å². The Labute approximate surface area is 165 Å². The summed E-state index contributed by atoms with van der Waals surface area (Å²) in [5, 5.41) is 2.02. The minimum atomic E-state index is -4.62. The summed E-state index contributed by atoms with van der Waals surface area (Å²) in [5.74, 6) is -1.35. The lowest BCUT2D eigenvalue weighted by Crippen LogP contribution is -2.28. The van der Waals surface area contributed by atoms with E-state index in [1.54, 1.807) is 4.90 Å². The van der Waals surface area contributed by atoms with Crippen LogP contribution in [-0.2, 0) is 15.8 Å². The van der Waals surface area contributed by atoms with Crippen LogP contribution in [0.2, 0.25) is 5.02 Å². The Morgan fingerprint density at radius 2 is 1.93 bits per heavy atom. The van der Waals surface area contributed by atoms with Gasteiger partial charge in [0, 0.05) is 24.3 Å². The van der Waals surface area contributed by atoms with Gasteiger partial charge in [0.2, 0.25) is 11.8 Å². The third-order valence-corrected chi connectivity index (χ3v) is 5.23. The van der Waals surface area contributed by atoms with Crippen LogP contribution in [0.1, 0.15) is 23.1 Å². The molecule has 0 aliphatic carbocycles. The quantitative estimate of drug-likeness (QED) is 0.776. The van der Waals surface area contributed by atoms with Gasteiger partial charge in [-0.25, -0.2) is 0 Å².